The first-order valence-electron chi connectivity index (χ1n) is 5.43. The summed E-state index contributed by atoms with van der Waals surface area (Å²) in [4.78, 5) is 0. The molecule has 1 aromatic rings. The molecule has 102 valence electrons. The third kappa shape index (κ3) is 4.58. The van der Waals surface area contributed by atoms with Crippen molar-refractivity contribution in [3.8, 4) is 0 Å². The van der Waals surface area contributed by atoms with Crippen LogP contribution in [0.1, 0.15) is 19.4 Å². The van der Waals surface area contributed by atoms with E-state index in [-0.39, 0.29) is 5.69 Å². The molecular weight excluding hydrogens is 262 g/mol. The van der Waals surface area contributed by atoms with Gasteiger partial charge in [0.1, 0.15) is 0 Å². The molecule has 1 rings (SSSR count). The number of benzene rings is 1. The van der Waals surface area contributed by atoms with Crippen molar-refractivity contribution >= 4 is 15.7 Å². The van der Waals surface area contributed by atoms with Crippen LogP contribution in [0, 0.1) is 0 Å². The summed E-state index contributed by atoms with van der Waals surface area (Å²) in [5, 5.41) is 3.19. The van der Waals surface area contributed by atoms with Gasteiger partial charge >= 0.3 is 5.76 Å². The molecule has 0 saturated carbocycles. The molecule has 1 aromatic carbocycles. The molecule has 0 unspecified atom stereocenters. The maximum Gasteiger partial charge on any atom is 0.355 e. The Morgan fingerprint density at radius 2 is 1.72 bits per heavy atom. The van der Waals surface area contributed by atoms with Gasteiger partial charge < -0.3 is 5.32 Å². The molecule has 2 N–H and O–H groups in total. The first kappa shape index (κ1) is 14.8. The average Bonchev–Trinajstić information content (AvgIpc) is 2.27. The third-order valence-corrected chi connectivity index (χ3v) is 3.15. The zero-order valence-electron chi connectivity index (χ0n) is 10.2. The molecule has 0 bridgehead atoms. The van der Waals surface area contributed by atoms with E-state index in [4.69, 9.17) is 0 Å². The maximum atomic E-state index is 12.1. The second kappa shape index (κ2) is 6.10. The SMILES string of the molecule is CC(C)NCc1ccc(NS(=O)(=O)C(F)F)cc1. The van der Waals surface area contributed by atoms with Crippen LogP contribution in [-0.2, 0) is 16.6 Å². The van der Waals surface area contributed by atoms with Crippen LogP contribution in [0.15, 0.2) is 24.3 Å². The first-order valence-corrected chi connectivity index (χ1v) is 6.98. The summed E-state index contributed by atoms with van der Waals surface area (Å²) >= 11 is 0. The predicted octanol–water partition coefficient (Wildman–Crippen LogP) is 2.15. The number of halogens is 2. The Bertz CT molecular complexity index is 472. The standard InChI is InChI=1S/C11H16F2N2O2S/c1-8(2)14-7-9-3-5-10(6-4-9)15-18(16,17)11(12)13/h3-6,8,11,14-15H,7H2,1-2H3. The monoisotopic (exact) mass is 278 g/mol. The van der Waals surface area contributed by atoms with Gasteiger partial charge in [-0.1, -0.05) is 26.0 Å². The van der Waals surface area contributed by atoms with Gasteiger partial charge in [0, 0.05) is 18.3 Å². The Labute approximate surface area is 105 Å². The molecule has 0 saturated heterocycles. The zero-order valence-corrected chi connectivity index (χ0v) is 11.0. The molecule has 4 nitrogen and oxygen atoms in total. The van der Waals surface area contributed by atoms with Crippen LogP contribution < -0.4 is 10.0 Å². The number of anilines is 1. The quantitative estimate of drug-likeness (QED) is 0.838. The fourth-order valence-corrected chi connectivity index (χ4v) is 1.78. The van der Waals surface area contributed by atoms with Gasteiger partial charge in [0.25, 0.3) is 10.0 Å². The van der Waals surface area contributed by atoms with Gasteiger partial charge in [-0.15, -0.1) is 0 Å². The van der Waals surface area contributed by atoms with Crippen molar-refractivity contribution in [1.29, 1.82) is 0 Å². The van der Waals surface area contributed by atoms with Gasteiger partial charge in [-0.05, 0) is 17.7 Å². The van der Waals surface area contributed by atoms with Crippen molar-refractivity contribution in [2.45, 2.75) is 32.2 Å². The number of alkyl halides is 2. The summed E-state index contributed by atoms with van der Waals surface area (Å²) in [6.45, 7) is 4.65. The number of hydrogen-bond donors (Lipinski definition) is 2. The van der Waals surface area contributed by atoms with Crippen molar-refractivity contribution in [2.24, 2.45) is 0 Å². The van der Waals surface area contributed by atoms with Crippen molar-refractivity contribution in [2.75, 3.05) is 4.72 Å². The van der Waals surface area contributed by atoms with E-state index in [0.29, 0.717) is 12.6 Å². The Morgan fingerprint density at radius 3 is 2.17 bits per heavy atom. The van der Waals surface area contributed by atoms with E-state index in [2.05, 4.69) is 5.32 Å². The topological polar surface area (TPSA) is 58.2 Å². The molecule has 0 aliphatic carbocycles. The Balaban J connectivity index is 2.66. The largest absolute Gasteiger partial charge is 0.355 e. The van der Waals surface area contributed by atoms with Crippen LogP contribution in [0.4, 0.5) is 14.5 Å². The summed E-state index contributed by atoms with van der Waals surface area (Å²) in [6, 6.07) is 6.60. The van der Waals surface area contributed by atoms with E-state index in [9.17, 15) is 17.2 Å². The normalized spacial score (nSPS) is 12.1. The second-order valence-electron chi connectivity index (χ2n) is 4.14. The van der Waals surface area contributed by atoms with Gasteiger partial charge in [-0.2, -0.15) is 8.78 Å². The molecule has 7 heteroatoms. The second-order valence-corrected chi connectivity index (χ2v) is 5.79. The number of sulfonamides is 1. The molecule has 0 atom stereocenters. The summed E-state index contributed by atoms with van der Waals surface area (Å²) < 4.78 is 47.9. The minimum absolute atomic E-state index is 0.128. The number of nitrogens with one attached hydrogen (secondary N) is 2. The molecule has 0 aliphatic rings. The van der Waals surface area contributed by atoms with Gasteiger partial charge in [-0.25, -0.2) is 8.42 Å². The minimum Gasteiger partial charge on any atom is -0.310 e. The number of hydrogen-bond acceptors (Lipinski definition) is 3. The molecule has 0 aliphatic heterocycles. The first-order chi connectivity index (χ1) is 8.31. The van der Waals surface area contributed by atoms with Gasteiger partial charge in [0.15, 0.2) is 0 Å². The lowest BCUT2D eigenvalue weighted by atomic mass is 10.2. The van der Waals surface area contributed by atoms with Gasteiger partial charge in [0.2, 0.25) is 0 Å². The predicted molar refractivity (Wildman–Crippen MR) is 67.0 cm³/mol. The summed E-state index contributed by atoms with van der Waals surface area (Å²) in [7, 11) is -4.59. The zero-order chi connectivity index (χ0) is 13.8. The number of rotatable bonds is 6. The highest BCUT2D eigenvalue weighted by molar-refractivity contribution is 7.93. The van der Waals surface area contributed by atoms with E-state index in [0.717, 1.165) is 5.56 Å². The summed E-state index contributed by atoms with van der Waals surface area (Å²) in [6.07, 6.45) is 0. The van der Waals surface area contributed by atoms with Crippen LogP contribution in [0.3, 0.4) is 0 Å². The van der Waals surface area contributed by atoms with E-state index in [1.54, 1.807) is 12.1 Å². The molecule has 0 radical (unpaired) electrons. The highest BCUT2D eigenvalue weighted by Crippen LogP contribution is 2.14. The Morgan fingerprint density at radius 1 is 1.17 bits per heavy atom. The van der Waals surface area contributed by atoms with Gasteiger partial charge in [-0.3, -0.25) is 4.72 Å². The molecule has 0 amide bonds. The molecule has 0 spiro atoms. The summed E-state index contributed by atoms with van der Waals surface area (Å²) in [5.41, 5.74) is 1.08. The van der Waals surface area contributed by atoms with Crippen molar-refractivity contribution < 1.29 is 17.2 Å². The van der Waals surface area contributed by atoms with E-state index in [1.165, 1.54) is 12.1 Å². The van der Waals surface area contributed by atoms with Crippen LogP contribution in [0.5, 0.6) is 0 Å². The molecular formula is C11H16F2N2O2S. The van der Waals surface area contributed by atoms with Crippen molar-refractivity contribution in [1.82, 2.24) is 5.32 Å². The van der Waals surface area contributed by atoms with Crippen LogP contribution in [0.2, 0.25) is 0 Å². The van der Waals surface area contributed by atoms with E-state index in [1.807, 2.05) is 18.6 Å². The maximum absolute atomic E-state index is 12.1. The lowest BCUT2D eigenvalue weighted by molar-refractivity contribution is 0.236. The van der Waals surface area contributed by atoms with E-state index < -0.39 is 15.8 Å². The lowest BCUT2D eigenvalue weighted by Gasteiger charge is -2.10. The summed E-state index contributed by atoms with van der Waals surface area (Å²) in [5.74, 6) is -3.43. The average molecular weight is 278 g/mol. The smallest absolute Gasteiger partial charge is 0.310 e. The fourth-order valence-electron chi connectivity index (χ4n) is 1.22. The lowest BCUT2D eigenvalue weighted by Crippen LogP contribution is -2.22. The molecule has 0 aromatic heterocycles. The highest BCUT2D eigenvalue weighted by Gasteiger charge is 2.23. The minimum atomic E-state index is -4.59. The Hall–Kier alpha value is -1.21. The molecule has 18 heavy (non-hydrogen) atoms. The molecule has 0 heterocycles. The van der Waals surface area contributed by atoms with Gasteiger partial charge in [0.05, 0.1) is 0 Å². The van der Waals surface area contributed by atoms with Crippen LogP contribution >= 0.6 is 0 Å². The van der Waals surface area contributed by atoms with Crippen LogP contribution in [0.25, 0.3) is 0 Å². The van der Waals surface area contributed by atoms with Crippen molar-refractivity contribution in [3.63, 3.8) is 0 Å². The fraction of sp³-hybridized carbons (Fsp3) is 0.455. The van der Waals surface area contributed by atoms with Crippen molar-refractivity contribution in [3.05, 3.63) is 29.8 Å². The highest BCUT2D eigenvalue weighted by atomic mass is 32.2. The van der Waals surface area contributed by atoms with Crippen LogP contribution in [-0.4, -0.2) is 20.2 Å². The Kier molecular flexibility index (Phi) is 5.03. The third-order valence-electron chi connectivity index (χ3n) is 2.16. The molecule has 0 fully saturated rings. The van der Waals surface area contributed by atoms with E-state index >= 15 is 0 Å².